The second-order valence-corrected chi connectivity index (χ2v) is 3.19. The quantitative estimate of drug-likeness (QED) is 0.737. The van der Waals surface area contributed by atoms with E-state index in [0.29, 0.717) is 0 Å². The van der Waals surface area contributed by atoms with E-state index in [0.717, 1.165) is 11.4 Å². The van der Waals surface area contributed by atoms with E-state index in [1.807, 2.05) is 31.2 Å². The van der Waals surface area contributed by atoms with E-state index in [1.165, 1.54) is 5.56 Å². The highest BCUT2D eigenvalue weighted by atomic mass is 14.8. The van der Waals surface area contributed by atoms with Crippen molar-refractivity contribution in [3.63, 3.8) is 0 Å². The summed E-state index contributed by atoms with van der Waals surface area (Å²) in [6.07, 6.45) is 7.59. The highest BCUT2D eigenvalue weighted by Gasteiger charge is 1.97. The Bertz CT molecular complexity index is 444. The van der Waals surface area contributed by atoms with Gasteiger partial charge in [0.1, 0.15) is 0 Å². The molecule has 0 aliphatic rings. The fourth-order valence-electron chi connectivity index (χ4n) is 1.38. The zero-order valence-electron chi connectivity index (χ0n) is 8.59. The second-order valence-electron chi connectivity index (χ2n) is 3.19. The van der Waals surface area contributed by atoms with Gasteiger partial charge in [0.15, 0.2) is 5.82 Å². The molecule has 15 heavy (non-hydrogen) atoms. The molecule has 2 rings (SSSR count). The van der Waals surface area contributed by atoms with Gasteiger partial charge >= 0.3 is 0 Å². The van der Waals surface area contributed by atoms with Gasteiger partial charge in [-0.05, 0) is 18.6 Å². The van der Waals surface area contributed by atoms with Gasteiger partial charge in [-0.2, -0.15) is 0 Å². The van der Waals surface area contributed by atoms with Crippen LogP contribution in [0.5, 0.6) is 0 Å². The molecule has 0 amide bonds. The normalized spacial score (nSPS) is 10.7. The molecule has 0 spiro atoms. The molecule has 2 nitrogen and oxygen atoms in total. The van der Waals surface area contributed by atoms with Crippen LogP contribution in [0.3, 0.4) is 0 Å². The summed E-state index contributed by atoms with van der Waals surface area (Å²) in [5.41, 5.74) is 2.24. The van der Waals surface area contributed by atoms with Crippen molar-refractivity contribution in [2.24, 2.45) is 0 Å². The Morgan fingerprint density at radius 1 is 1.00 bits per heavy atom. The van der Waals surface area contributed by atoms with Crippen molar-refractivity contribution in [3.8, 4) is 11.4 Å². The molecular weight excluding hydrogens is 184 g/mol. The van der Waals surface area contributed by atoms with E-state index in [9.17, 15) is 0 Å². The van der Waals surface area contributed by atoms with E-state index < -0.39 is 0 Å². The molecule has 0 bridgehead atoms. The summed E-state index contributed by atoms with van der Waals surface area (Å²) in [6.45, 7) is 2.01. The van der Waals surface area contributed by atoms with Crippen LogP contribution in [0.15, 0.2) is 48.8 Å². The minimum atomic E-state index is 0.768. The maximum Gasteiger partial charge on any atom is 0.159 e. The van der Waals surface area contributed by atoms with Crippen LogP contribution in [0.1, 0.15) is 12.5 Å². The van der Waals surface area contributed by atoms with E-state index >= 15 is 0 Å². The molecule has 0 saturated carbocycles. The molecule has 74 valence electrons. The number of hydrogen-bond acceptors (Lipinski definition) is 2. The van der Waals surface area contributed by atoms with Crippen molar-refractivity contribution in [2.45, 2.75) is 6.92 Å². The Hall–Kier alpha value is -1.96. The van der Waals surface area contributed by atoms with Crippen LogP contribution in [0.4, 0.5) is 0 Å². The minimum Gasteiger partial charge on any atom is -0.237 e. The van der Waals surface area contributed by atoms with Crippen molar-refractivity contribution < 1.29 is 0 Å². The summed E-state index contributed by atoms with van der Waals surface area (Å²) < 4.78 is 0. The Kier molecular flexibility index (Phi) is 2.88. The maximum atomic E-state index is 4.20. The Balaban J connectivity index is 2.32. The molecule has 2 aromatic rings. The second kappa shape index (κ2) is 4.51. The van der Waals surface area contributed by atoms with E-state index in [1.54, 1.807) is 12.4 Å². The molecule has 0 aliphatic carbocycles. The molecule has 0 unspecified atom stereocenters. The van der Waals surface area contributed by atoms with Crippen molar-refractivity contribution in [1.29, 1.82) is 0 Å². The fourth-order valence-corrected chi connectivity index (χ4v) is 1.38. The Labute approximate surface area is 89.3 Å². The lowest BCUT2D eigenvalue weighted by molar-refractivity contribution is 1.18. The van der Waals surface area contributed by atoms with Gasteiger partial charge in [0.2, 0.25) is 0 Å². The smallest absolute Gasteiger partial charge is 0.159 e. The van der Waals surface area contributed by atoms with Crippen molar-refractivity contribution in [2.75, 3.05) is 0 Å². The van der Waals surface area contributed by atoms with Crippen LogP contribution >= 0.6 is 0 Å². The number of allylic oxidation sites excluding steroid dienone is 1. The van der Waals surface area contributed by atoms with E-state index in [-0.39, 0.29) is 0 Å². The number of benzene rings is 1. The number of hydrogen-bond donors (Lipinski definition) is 0. The van der Waals surface area contributed by atoms with Gasteiger partial charge in [-0.1, -0.05) is 36.4 Å². The fraction of sp³-hybridized carbons (Fsp3) is 0.0769. The maximum absolute atomic E-state index is 4.20. The molecule has 1 aromatic carbocycles. The third-order valence-corrected chi connectivity index (χ3v) is 2.09. The van der Waals surface area contributed by atoms with Crippen LogP contribution in [0, 0.1) is 0 Å². The average molecular weight is 196 g/mol. The molecule has 0 fully saturated rings. The molecule has 1 heterocycles. The first-order valence-corrected chi connectivity index (χ1v) is 4.90. The van der Waals surface area contributed by atoms with E-state index in [4.69, 9.17) is 0 Å². The summed E-state index contributed by atoms with van der Waals surface area (Å²) >= 11 is 0. The largest absolute Gasteiger partial charge is 0.237 e. The van der Waals surface area contributed by atoms with Crippen LogP contribution < -0.4 is 0 Å². The van der Waals surface area contributed by atoms with Gasteiger partial charge < -0.3 is 0 Å². The summed E-state index contributed by atoms with van der Waals surface area (Å²) in [7, 11) is 0. The molecule has 0 radical (unpaired) electrons. The van der Waals surface area contributed by atoms with Gasteiger partial charge in [0.25, 0.3) is 0 Å². The van der Waals surface area contributed by atoms with Gasteiger partial charge in [-0.15, -0.1) is 0 Å². The molecule has 0 N–H and O–H groups in total. The molecule has 0 saturated heterocycles. The predicted octanol–water partition coefficient (Wildman–Crippen LogP) is 3.18. The highest BCUT2D eigenvalue weighted by molar-refractivity contribution is 5.59. The zero-order chi connectivity index (χ0) is 10.5. The predicted molar refractivity (Wildman–Crippen MR) is 62.2 cm³/mol. The number of aromatic nitrogens is 2. The first kappa shape index (κ1) is 9.59. The standard InChI is InChI=1S/C13H12N2/c1-2-4-11-5-7-12(8-6-11)13-14-9-3-10-15-13/h2-10H,1H3/b4-2+. The first-order chi connectivity index (χ1) is 7.40. The van der Waals surface area contributed by atoms with Crippen molar-refractivity contribution >= 4 is 6.08 Å². The topological polar surface area (TPSA) is 25.8 Å². The summed E-state index contributed by atoms with van der Waals surface area (Å²) in [5, 5.41) is 0. The van der Waals surface area contributed by atoms with Gasteiger partial charge in [-0.25, -0.2) is 9.97 Å². The molecule has 0 atom stereocenters. The van der Waals surface area contributed by atoms with Gasteiger partial charge in [0.05, 0.1) is 0 Å². The number of nitrogens with zero attached hydrogens (tertiary/aromatic N) is 2. The van der Waals surface area contributed by atoms with Crippen LogP contribution in [-0.4, -0.2) is 9.97 Å². The third-order valence-electron chi connectivity index (χ3n) is 2.09. The SMILES string of the molecule is C/C=C/c1ccc(-c2ncccn2)cc1. The first-order valence-electron chi connectivity index (χ1n) is 4.90. The molecular formula is C13H12N2. The van der Waals surface area contributed by atoms with Gasteiger partial charge in [-0.3, -0.25) is 0 Å². The lowest BCUT2D eigenvalue weighted by Crippen LogP contribution is -1.86. The zero-order valence-corrected chi connectivity index (χ0v) is 8.59. The monoisotopic (exact) mass is 196 g/mol. The number of rotatable bonds is 2. The van der Waals surface area contributed by atoms with Crippen LogP contribution in [0.25, 0.3) is 17.5 Å². The Morgan fingerprint density at radius 3 is 2.27 bits per heavy atom. The van der Waals surface area contributed by atoms with Crippen LogP contribution in [-0.2, 0) is 0 Å². The van der Waals surface area contributed by atoms with Gasteiger partial charge in [0, 0.05) is 18.0 Å². The van der Waals surface area contributed by atoms with Crippen molar-refractivity contribution in [1.82, 2.24) is 9.97 Å². The minimum absolute atomic E-state index is 0.768. The molecule has 0 aliphatic heterocycles. The highest BCUT2D eigenvalue weighted by Crippen LogP contribution is 2.15. The van der Waals surface area contributed by atoms with Crippen LogP contribution in [0.2, 0.25) is 0 Å². The van der Waals surface area contributed by atoms with Crippen molar-refractivity contribution in [3.05, 3.63) is 54.4 Å². The third kappa shape index (κ3) is 2.29. The average Bonchev–Trinajstić information content (AvgIpc) is 2.32. The summed E-state index contributed by atoms with van der Waals surface area (Å²) in [6, 6.07) is 10.0. The lowest BCUT2D eigenvalue weighted by atomic mass is 10.1. The van der Waals surface area contributed by atoms with E-state index in [2.05, 4.69) is 28.2 Å². The summed E-state index contributed by atoms with van der Waals surface area (Å²) in [4.78, 5) is 8.39. The Morgan fingerprint density at radius 2 is 1.67 bits per heavy atom. The summed E-state index contributed by atoms with van der Waals surface area (Å²) in [5.74, 6) is 0.768. The lowest BCUT2D eigenvalue weighted by Gasteiger charge is -1.99. The molecule has 2 heteroatoms. The molecule has 1 aromatic heterocycles.